The molecule has 10 heteroatoms. The lowest BCUT2D eigenvalue weighted by atomic mass is 10.1. The van der Waals surface area contributed by atoms with Crippen LogP contribution >= 0.6 is 0 Å². The molecule has 8 nitrogen and oxygen atoms in total. The lowest BCUT2D eigenvalue weighted by Gasteiger charge is -2.29. The topological polar surface area (TPSA) is 96.0 Å². The molecule has 0 radical (unpaired) electrons. The summed E-state index contributed by atoms with van der Waals surface area (Å²) in [7, 11) is -2.13. The normalized spacial score (nSPS) is 12.0. The van der Waals surface area contributed by atoms with Crippen molar-refractivity contribution in [2.75, 3.05) is 30.8 Å². The maximum Gasteiger partial charge on any atom is 0.242 e. The number of halogens is 1. The molecule has 0 aliphatic heterocycles. The molecule has 0 spiro atoms. The summed E-state index contributed by atoms with van der Waals surface area (Å²) in [6, 6.07) is 11.9. The van der Waals surface area contributed by atoms with Gasteiger partial charge in [-0.05, 0) is 38.0 Å². The number of rotatable bonds is 13. The van der Waals surface area contributed by atoms with Crippen molar-refractivity contribution in [3.63, 3.8) is 0 Å². The first-order valence-corrected chi connectivity index (χ1v) is 13.4. The summed E-state index contributed by atoms with van der Waals surface area (Å²) < 4.78 is 45.5. The van der Waals surface area contributed by atoms with E-state index < -0.39 is 21.9 Å². The lowest BCUT2D eigenvalue weighted by molar-refractivity contribution is -0.140. The highest BCUT2D eigenvalue weighted by Gasteiger charge is 2.27. The third-order valence-corrected chi connectivity index (χ3v) is 6.70. The number of benzene rings is 2. The number of methoxy groups -OCH3 is 1. The molecule has 1 atom stereocenters. The summed E-state index contributed by atoms with van der Waals surface area (Å²) in [5.41, 5.74) is 0.722. The zero-order valence-corrected chi connectivity index (χ0v) is 21.5. The van der Waals surface area contributed by atoms with E-state index >= 15 is 0 Å². The number of amides is 2. The third-order valence-electron chi connectivity index (χ3n) is 5.51. The zero-order valence-electron chi connectivity index (χ0n) is 20.7. The molecule has 1 unspecified atom stereocenters. The first kappa shape index (κ1) is 28.1. The van der Waals surface area contributed by atoms with E-state index in [0.29, 0.717) is 23.5 Å². The Balaban J connectivity index is 2.17. The molecule has 2 aromatic carbocycles. The summed E-state index contributed by atoms with van der Waals surface area (Å²) >= 11 is 0. The van der Waals surface area contributed by atoms with Gasteiger partial charge in [-0.25, -0.2) is 12.8 Å². The summed E-state index contributed by atoms with van der Waals surface area (Å²) in [5.74, 6) is -0.653. The minimum atomic E-state index is -3.62. The van der Waals surface area contributed by atoms with Gasteiger partial charge < -0.3 is 15.0 Å². The first-order valence-electron chi connectivity index (χ1n) is 11.5. The van der Waals surface area contributed by atoms with Gasteiger partial charge in [0, 0.05) is 37.7 Å². The maximum absolute atomic E-state index is 14.3. The van der Waals surface area contributed by atoms with E-state index in [4.69, 9.17) is 4.74 Å². The van der Waals surface area contributed by atoms with E-state index in [1.54, 1.807) is 49.4 Å². The van der Waals surface area contributed by atoms with Crippen LogP contribution in [0, 0.1) is 5.82 Å². The third kappa shape index (κ3) is 8.24. The first-order chi connectivity index (χ1) is 16.6. The molecule has 35 heavy (non-hydrogen) atoms. The van der Waals surface area contributed by atoms with Crippen LogP contribution in [0.5, 0.6) is 5.75 Å². The smallest absolute Gasteiger partial charge is 0.242 e. The number of ether oxygens (including phenoxy) is 1. The van der Waals surface area contributed by atoms with Gasteiger partial charge in [0.05, 0.1) is 19.1 Å². The van der Waals surface area contributed by atoms with Crippen LogP contribution in [-0.2, 0) is 26.2 Å². The van der Waals surface area contributed by atoms with Crippen molar-refractivity contribution in [2.45, 2.75) is 45.7 Å². The summed E-state index contributed by atoms with van der Waals surface area (Å²) in [5, 5.41) is 2.77. The van der Waals surface area contributed by atoms with Crippen LogP contribution in [0.25, 0.3) is 0 Å². The maximum atomic E-state index is 14.3. The predicted molar refractivity (Wildman–Crippen MR) is 134 cm³/mol. The molecule has 1 N–H and O–H groups in total. The van der Waals surface area contributed by atoms with Gasteiger partial charge in [-0.3, -0.25) is 13.9 Å². The molecule has 0 bridgehead atoms. The van der Waals surface area contributed by atoms with Crippen molar-refractivity contribution in [1.29, 1.82) is 0 Å². The average molecular weight is 508 g/mol. The second-order valence-corrected chi connectivity index (χ2v) is 10.1. The molecule has 2 rings (SSSR count). The van der Waals surface area contributed by atoms with E-state index in [9.17, 15) is 22.4 Å². The number of hydrogen-bond acceptors (Lipinski definition) is 5. The van der Waals surface area contributed by atoms with E-state index in [-0.39, 0.29) is 37.7 Å². The van der Waals surface area contributed by atoms with Gasteiger partial charge in [-0.2, -0.15) is 0 Å². The predicted octanol–water partition coefficient (Wildman–Crippen LogP) is 3.32. The molecule has 0 saturated carbocycles. The van der Waals surface area contributed by atoms with Gasteiger partial charge in [0.25, 0.3) is 0 Å². The molecule has 0 aliphatic carbocycles. The van der Waals surface area contributed by atoms with Gasteiger partial charge >= 0.3 is 0 Å². The Morgan fingerprint density at radius 2 is 1.86 bits per heavy atom. The standard InChI is InChI=1S/C25H34FN3O5S/c1-5-15-27-25(31)19(2)28(18-20-10-6-7-13-23(20)26)24(30)14-9-16-29(35(4,32)33)21-11-8-12-22(17-21)34-3/h6-8,10-13,17,19H,5,9,14-16,18H2,1-4H3,(H,27,31). The second-order valence-electron chi connectivity index (χ2n) is 8.22. The van der Waals surface area contributed by atoms with Crippen LogP contribution in [0.3, 0.4) is 0 Å². The number of nitrogens with zero attached hydrogens (tertiary/aromatic N) is 2. The molecule has 0 aliphatic rings. The molecule has 0 fully saturated rings. The van der Waals surface area contributed by atoms with Gasteiger partial charge in [0.1, 0.15) is 17.6 Å². The Morgan fingerprint density at radius 3 is 2.49 bits per heavy atom. The van der Waals surface area contributed by atoms with Crippen LogP contribution in [-0.4, -0.2) is 57.6 Å². The molecular formula is C25H34FN3O5S. The van der Waals surface area contributed by atoms with E-state index in [1.165, 1.54) is 22.4 Å². The van der Waals surface area contributed by atoms with Crippen molar-refractivity contribution >= 4 is 27.5 Å². The van der Waals surface area contributed by atoms with Crippen molar-refractivity contribution < 1.29 is 27.1 Å². The summed E-state index contributed by atoms with van der Waals surface area (Å²) in [6.07, 6.45) is 2.03. The van der Waals surface area contributed by atoms with Gasteiger partial charge in [-0.15, -0.1) is 0 Å². The van der Waals surface area contributed by atoms with Gasteiger partial charge in [0.2, 0.25) is 21.8 Å². The highest BCUT2D eigenvalue weighted by atomic mass is 32.2. The Bertz CT molecular complexity index is 1110. The number of sulfonamides is 1. The van der Waals surface area contributed by atoms with Crippen molar-refractivity contribution in [3.05, 3.63) is 59.9 Å². The Labute approximate surface area is 207 Å². The monoisotopic (exact) mass is 507 g/mol. The van der Waals surface area contributed by atoms with E-state index in [0.717, 1.165) is 12.7 Å². The Morgan fingerprint density at radius 1 is 1.14 bits per heavy atom. The molecular weight excluding hydrogens is 473 g/mol. The number of hydrogen-bond donors (Lipinski definition) is 1. The number of anilines is 1. The largest absolute Gasteiger partial charge is 0.497 e. The Kier molecular flexibility index (Phi) is 10.5. The zero-order chi connectivity index (χ0) is 26.0. The number of nitrogens with one attached hydrogen (secondary N) is 1. The number of carbonyl (C=O) groups excluding carboxylic acids is 2. The molecule has 0 heterocycles. The molecule has 0 saturated heterocycles. The van der Waals surface area contributed by atoms with E-state index in [2.05, 4.69) is 5.32 Å². The molecule has 2 amide bonds. The van der Waals surface area contributed by atoms with Gasteiger partial charge in [0.15, 0.2) is 0 Å². The molecule has 2 aromatic rings. The van der Waals surface area contributed by atoms with Crippen molar-refractivity contribution in [2.24, 2.45) is 0 Å². The fourth-order valence-corrected chi connectivity index (χ4v) is 4.52. The summed E-state index contributed by atoms with van der Waals surface area (Å²) in [4.78, 5) is 27.1. The van der Waals surface area contributed by atoms with Crippen LogP contribution in [0.1, 0.15) is 38.7 Å². The quantitative estimate of drug-likeness (QED) is 0.449. The highest BCUT2D eigenvalue weighted by Crippen LogP contribution is 2.24. The average Bonchev–Trinajstić information content (AvgIpc) is 2.83. The minimum absolute atomic E-state index is 0.0180. The van der Waals surface area contributed by atoms with Crippen molar-refractivity contribution in [1.82, 2.24) is 10.2 Å². The summed E-state index contributed by atoms with van der Waals surface area (Å²) in [6.45, 7) is 3.97. The minimum Gasteiger partial charge on any atom is -0.497 e. The fourth-order valence-electron chi connectivity index (χ4n) is 3.56. The van der Waals surface area contributed by atoms with E-state index in [1.807, 2.05) is 6.92 Å². The lowest BCUT2D eigenvalue weighted by Crippen LogP contribution is -2.48. The number of carbonyl (C=O) groups is 2. The SMILES string of the molecule is CCCNC(=O)C(C)N(Cc1ccccc1F)C(=O)CCCN(c1cccc(OC)c1)S(C)(=O)=O. The highest BCUT2D eigenvalue weighted by molar-refractivity contribution is 7.92. The Hall–Kier alpha value is -3.14. The second kappa shape index (κ2) is 13.1. The van der Waals surface area contributed by atoms with Crippen LogP contribution in [0.2, 0.25) is 0 Å². The van der Waals surface area contributed by atoms with Crippen LogP contribution < -0.4 is 14.4 Å². The van der Waals surface area contributed by atoms with Gasteiger partial charge in [-0.1, -0.05) is 31.2 Å². The fraction of sp³-hybridized carbons (Fsp3) is 0.440. The molecule has 192 valence electrons. The van der Waals surface area contributed by atoms with Crippen molar-refractivity contribution in [3.8, 4) is 5.75 Å². The van der Waals surface area contributed by atoms with Crippen LogP contribution in [0.15, 0.2) is 48.5 Å². The van der Waals surface area contributed by atoms with Crippen LogP contribution in [0.4, 0.5) is 10.1 Å². The molecule has 0 aromatic heterocycles.